The van der Waals surface area contributed by atoms with Gasteiger partial charge in [-0.05, 0) is 80.9 Å². The Morgan fingerprint density at radius 1 is 1.23 bits per heavy atom. The normalized spacial score (nSPS) is 29.8. The Labute approximate surface area is 194 Å². The van der Waals surface area contributed by atoms with Crippen molar-refractivity contribution in [2.75, 3.05) is 0 Å². The molecule has 0 saturated carbocycles. The van der Waals surface area contributed by atoms with Crippen LogP contribution in [0.4, 0.5) is 0 Å². The predicted molar refractivity (Wildman–Crippen MR) is 139 cm³/mol. The molecule has 0 aromatic heterocycles. The van der Waals surface area contributed by atoms with Gasteiger partial charge in [0.25, 0.3) is 0 Å². The number of likely N-dealkylation sites (tertiary alicyclic amines) is 1. The van der Waals surface area contributed by atoms with Crippen LogP contribution in [0.1, 0.15) is 101 Å². The van der Waals surface area contributed by atoms with Crippen LogP contribution < -0.4 is 0 Å². The molecular weight excluding hydrogens is 374 g/mol. The smallest absolute Gasteiger partial charge is 0.0644 e. The van der Waals surface area contributed by atoms with Gasteiger partial charge >= 0.3 is 0 Å². The maximum atomic E-state index is 4.75. The number of rotatable bonds is 8. The Morgan fingerprint density at radius 2 is 1.84 bits per heavy atom. The highest BCUT2D eigenvalue weighted by Gasteiger charge is 2.64. The second-order valence-electron chi connectivity index (χ2n) is 11.1. The van der Waals surface area contributed by atoms with Crippen LogP contribution in [0.3, 0.4) is 0 Å². The summed E-state index contributed by atoms with van der Waals surface area (Å²) in [6, 6.07) is 0. The van der Waals surface area contributed by atoms with Crippen LogP contribution in [0.25, 0.3) is 0 Å². The first-order valence-electron chi connectivity index (χ1n) is 12.7. The van der Waals surface area contributed by atoms with Crippen LogP contribution in [-0.2, 0) is 0 Å². The van der Waals surface area contributed by atoms with E-state index in [9.17, 15) is 0 Å². The fraction of sp³-hybridized carbons (Fsp3) is 0.667. The van der Waals surface area contributed by atoms with Gasteiger partial charge in [0.2, 0.25) is 0 Å². The molecule has 0 radical (unpaired) electrons. The van der Waals surface area contributed by atoms with E-state index >= 15 is 0 Å². The van der Waals surface area contributed by atoms with Gasteiger partial charge in [-0.3, -0.25) is 0 Å². The summed E-state index contributed by atoms with van der Waals surface area (Å²) in [6.45, 7) is 28.5. The summed E-state index contributed by atoms with van der Waals surface area (Å²) in [5.74, 6) is 1.19. The number of hydrogen-bond donors (Lipinski definition) is 0. The summed E-state index contributed by atoms with van der Waals surface area (Å²) >= 11 is 0. The Morgan fingerprint density at radius 3 is 2.26 bits per heavy atom. The number of hydrogen-bond acceptors (Lipinski definition) is 1. The lowest BCUT2D eigenvalue weighted by atomic mass is 9.53. The molecule has 2 unspecified atom stereocenters. The Bertz CT molecular complexity index is 780. The topological polar surface area (TPSA) is 3.24 Å². The molecule has 1 nitrogen and oxygen atoms in total. The molecule has 0 aromatic rings. The third-order valence-corrected chi connectivity index (χ3v) is 8.50. The summed E-state index contributed by atoms with van der Waals surface area (Å²) in [4.78, 5) is 2.71. The largest absolute Gasteiger partial charge is 0.356 e. The van der Waals surface area contributed by atoms with Crippen molar-refractivity contribution in [2.45, 2.75) is 112 Å². The standard InChI is InChI=1S/C30H49N/c1-12-24(13-2)21-27(28(7,8)9)30(11)23(6)29(10,15-4)31(30)22(5)26(14-3)25-19-17-16-18-20-25/h14,16-17,19,21,23-24H,5,12-13,15,18,20H2,1-4,6-11H3/b26-14+,27-21-/t23-,29?,30?/m1/s1. The summed E-state index contributed by atoms with van der Waals surface area (Å²) in [6.07, 6.45) is 17.4. The van der Waals surface area contributed by atoms with E-state index < -0.39 is 0 Å². The van der Waals surface area contributed by atoms with Crippen LogP contribution in [-0.4, -0.2) is 16.0 Å². The van der Waals surface area contributed by atoms with E-state index in [2.05, 4.69) is 105 Å². The van der Waals surface area contributed by atoms with Crippen LogP contribution in [0.5, 0.6) is 0 Å². The lowest BCUT2D eigenvalue weighted by Crippen LogP contribution is -2.78. The third kappa shape index (κ3) is 4.39. The molecular formula is C30H49N. The fourth-order valence-electron chi connectivity index (χ4n) is 6.29. The van der Waals surface area contributed by atoms with Crippen molar-refractivity contribution in [3.63, 3.8) is 0 Å². The van der Waals surface area contributed by atoms with Crippen molar-refractivity contribution in [1.82, 2.24) is 4.90 Å². The van der Waals surface area contributed by atoms with Gasteiger partial charge in [0.05, 0.1) is 5.54 Å². The van der Waals surface area contributed by atoms with Gasteiger partial charge in [-0.15, -0.1) is 0 Å². The first-order valence-corrected chi connectivity index (χ1v) is 12.7. The average molecular weight is 424 g/mol. The van der Waals surface area contributed by atoms with E-state index in [-0.39, 0.29) is 16.5 Å². The number of allylic oxidation sites excluding steroid dienone is 6. The predicted octanol–water partition coefficient (Wildman–Crippen LogP) is 9.01. The van der Waals surface area contributed by atoms with Gasteiger partial charge in [-0.1, -0.05) is 85.4 Å². The van der Waals surface area contributed by atoms with Gasteiger partial charge < -0.3 is 4.90 Å². The van der Waals surface area contributed by atoms with Crippen LogP contribution in [0.2, 0.25) is 0 Å². The van der Waals surface area contributed by atoms with Crippen molar-refractivity contribution in [1.29, 1.82) is 0 Å². The Balaban J connectivity index is 2.64. The lowest BCUT2D eigenvalue weighted by Gasteiger charge is -2.72. The summed E-state index contributed by atoms with van der Waals surface area (Å²) in [5, 5.41) is 0. The third-order valence-electron chi connectivity index (χ3n) is 8.50. The highest BCUT2D eigenvalue weighted by Crippen LogP contribution is 2.61. The summed E-state index contributed by atoms with van der Waals surface area (Å²) < 4.78 is 0. The van der Waals surface area contributed by atoms with Crippen molar-refractivity contribution in [3.8, 4) is 0 Å². The first-order chi connectivity index (χ1) is 14.4. The van der Waals surface area contributed by atoms with Crippen molar-refractivity contribution >= 4 is 0 Å². The molecule has 0 aromatic carbocycles. The maximum absolute atomic E-state index is 4.75. The number of nitrogens with zero attached hydrogens (tertiary/aromatic N) is 1. The molecule has 2 rings (SSSR count). The highest BCUT2D eigenvalue weighted by molar-refractivity contribution is 5.51. The summed E-state index contributed by atoms with van der Waals surface area (Å²) in [5.41, 5.74) is 5.75. The minimum atomic E-state index is -0.0258. The minimum absolute atomic E-state index is 0.0258. The average Bonchev–Trinajstić information content (AvgIpc) is 2.74. The second kappa shape index (κ2) is 9.55. The molecule has 1 saturated heterocycles. The molecule has 0 bridgehead atoms. The molecule has 0 amide bonds. The fourth-order valence-corrected chi connectivity index (χ4v) is 6.29. The van der Waals surface area contributed by atoms with Gasteiger partial charge in [-0.25, -0.2) is 0 Å². The lowest BCUT2D eigenvalue weighted by molar-refractivity contribution is -0.146. The van der Waals surface area contributed by atoms with E-state index in [1.165, 1.54) is 29.7 Å². The molecule has 1 heteroatoms. The van der Waals surface area contributed by atoms with Gasteiger partial charge in [0.15, 0.2) is 0 Å². The van der Waals surface area contributed by atoms with Gasteiger partial charge in [0, 0.05) is 17.2 Å². The van der Waals surface area contributed by atoms with E-state index in [0.29, 0.717) is 11.8 Å². The Hall–Kier alpha value is -1.50. The summed E-state index contributed by atoms with van der Waals surface area (Å²) in [7, 11) is 0. The molecule has 3 atom stereocenters. The SMILES string of the molecule is C=C(/C(=C\C)C1=CC=CCC1)N1C(C)(CC)[C@@H](C)C1(C)/C(=C\C(CC)CC)C(C)(C)C. The monoisotopic (exact) mass is 423 g/mol. The molecule has 1 aliphatic carbocycles. The molecule has 1 aliphatic heterocycles. The zero-order chi connectivity index (χ0) is 23.6. The molecule has 1 fully saturated rings. The zero-order valence-corrected chi connectivity index (χ0v) is 22.2. The minimum Gasteiger partial charge on any atom is -0.356 e. The maximum Gasteiger partial charge on any atom is 0.0644 e. The Kier molecular flexibility index (Phi) is 7.94. The van der Waals surface area contributed by atoms with Crippen molar-refractivity contribution < 1.29 is 0 Å². The van der Waals surface area contributed by atoms with Crippen LogP contribution in [0.15, 0.2) is 59.4 Å². The van der Waals surface area contributed by atoms with E-state index in [1.807, 2.05) is 0 Å². The molecule has 2 aliphatic rings. The van der Waals surface area contributed by atoms with Gasteiger partial charge in [0.1, 0.15) is 0 Å². The van der Waals surface area contributed by atoms with Crippen molar-refractivity contribution in [2.24, 2.45) is 17.3 Å². The van der Waals surface area contributed by atoms with E-state index in [0.717, 1.165) is 19.3 Å². The van der Waals surface area contributed by atoms with Crippen molar-refractivity contribution in [3.05, 3.63) is 59.4 Å². The van der Waals surface area contributed by atoms with Crippen LogP contribution in [0, 0.1) is 17.3 Å². The molecule has 174 valence electrons. The second-order valence-corrected chi connectivity index (χ2v) is 11.1. The van der Waals surface area contributed by atoms with E-state index in [1.54, 1.807) is 5.57 Å². The molecule has 0 spiro atoms. The van der Waals surface area contributed by atoms with E-state index in [4.69, 9.17) is 6.58 Å². The highest BCUT2D eigenvalue weighted by atomic mass is 15.4. The molecule has 31 heavy (non-hydrogen) atoms. The molecule has 0 N–H and O–H groups in total. The quantitative estimate of drug-likeness (QED) is 0.278. The van der Waals surface area contributed by atoms with Gasteiger partial charge in [-0.2, -0.15) is 0 Å². The molecule has 1 heterocycles. The zero-order valence-electron chi connectivity index (χ0n) is 22.2. The first kappa shape index (κ1) is 25.8. The van der Waals surface area contributed by atoms with Crippen LogP contribution >= 0.6 is 0 Å².